The van der Waals surface area contributed by atoms with Crippen LogP contribution in [0.1, 0.15) is 29.8 Å². The zero-order valence-corrected chi connectivity index (χ0v) is 14.5. The summed E-state index contributed by atoms with van der Waals surface area (Å²) in [6.45, 7) is -0.135. The topological polar surface area (TPSA) is 64.0 Å². The molecule has 26 heavy (non-hydrogen) atoms. The molecule has 2 aromatic rings. The van der Waals surface area contributed by atoms with Crippen LogP contribution < -0.4 is 4.72 Å². The van der Waals surface area contributed by atoms with Crippen LogP contribution in [0.15, 0.2) is 29.2 Å². The number of aromatic nitrogens is 2. The second-order valence-corrected chi connectivity index (χ2v) is 7.82. The highest BCUT2D eigenvalue weighted by Gasteiger charge is 2.39. The molecule has 142 valence electrons. The fourth-order valence-corrected chi connectivity index (χ4v) is 4.09. The van der Waals surface area contributed by atoms with Crippen LogP contribution in [0.4, 0.5) is 17.6 Å². The minimum Gasteiger partial charge on any atom is -0.267 e. The summed E-state index contributed by atoms with van der Waals surface area (Å²) in [7, 11) is -3.87. The Hall–Kier alpha value is -1.94. The second-order valence-electron chi connectivity index (χ2n) is 6.05. The van der Waals surface area contributed by atoms with E-state index in [0.717, 1.165) is 30.7 Å². The van der Waals surface area contributed by atoms with E-state index in [9.17, 15) is 26.0 Å². The lowest BCUT2D eigenvalue weighted by Crippen LogP contribution is -2.28. The quantitative estimate of drug-likeness (QED) is 0.798. The Labute approximate surface area is 148 Å². The van der Waals surface area contributed by atoms with Gasteiger partial charge in [0.2, 0.25) is 10.0 Å². The Morgan fingerprint density at radius 2 is 1.77 bits per heavy atom. The van der Waals surface area contributed by atoms with Gasteiger partial charge in [-0.05, 0) is 49.9 Å². The first-order valence-electron chi connectivity index (χ1n) is 8.09. The van der Waals surface area contributed by atoms with Crippen molar-refractivity contribution in [1.29, 1.82) is 0 Å². The fourth-order valence-electron chi connectivity index (χ4n) is 3.07. The predicted octanol–water partition coefficient (Wildman–Crippen LogP) is 2.90. The van der Waals surface area contributed by atoms with Gasteiger partial charge >= 0.3 is 6.18 Å². The summed E-state index contributed by atoms with van der Waals surface area (Å²) < 4.78 is 80.1. The van der Waals surface area contributed by atoms with Crippen LogP contribution in [-0.2, 0) is 35.6 Å². The number of rotatable bonds is 5. The summed E-state index contributed by atoms with van der Waals surface area (Å²) in [5.41, 5.74) is -0.150. The molecule has 0 bridgehead atoms. The molecule has 0 saturated heterocycles. The average Bonchev–Trinajstić information content (AvgIpc) is 2.94. The maximum absolute atomic E-state index is 13.1. The van der Waals surface area contributed by atoms with Crippen LogP contribution in [0, 0.1) is 5.82 Å². The summed E-state index contributed by atoms with van der Waals surface area (Å²) in [6, 6.07) is 4.28. The Morgan fingerprint density at radius 3 is 2.42 bits per heavy atom. The van der Waals surface area contributed by atoms with Gasteiger partial charge in [-0.1, -0.05) is 0 Å². The minimum atomic E-state index is -4.53. The van der Waals surface area contributed by atoms with Crippen LogP contribution in [0.25, 0.3) is 0 Å². The molecule has 3 rings (SSSR count). The van der Waals surface area contributed by atoms with Gasteiger partial charge in [-0.3, -0.25) is 4.68 Å². The molecular weight excluding hydrogens is 374 g/mol. The Balaban J connectivity index is 1.74. The van der Waals surface area contributed by atoms with E-state index in [-0.39, 0.29) is 23.5 Å². The van der Waals surface area contributed by atoms with E-state index in [1.165, 1.54) is 4.68 Å². The summed E-state index contributed by atoms with van der Waals surface area (Å²) >= 11 is 0. The molecule has 1 N–H and O–H groups in total. The molecule has 0 saturated carbocycles. The largest absolute Gasteiger partial charge is 0.435 e. The van der Waals surface area contributed by atoms with Gasteiger partial charge in [0.25, 0.3) is 0 Å². The van der Waals surface area contributed by atoms with Crippen LogP contribution in [0.5, 0.6) is 0 Å². The van der Waals surface area contributed by atoms with Crippen LogP contribution >= 0.6 is 0 Å². The number of halogens is 4. The van der Waals surface area contributed by atoms with Crippen LogP contribution in [0.2, 0.25) is 0 Å². The number of nitrogens with zero attached hydrogens (tertiary/aromatic N) is 2. The number of sulfonamides is 1. The van der Waals surface area contributed by atoms with Gasteiger partial charge in [0.1, 0.15) is 5.82 Å². The van der Waals surface area contributed by atoms with E-state index in [1.807, 2.05) is 0 Å². The highest BCUT2D eigenvalue weighted by Crippen LogP contribution is 2.35. The van der Waals surface area contributed by atoms with E-state index >= 15 is 0 Å². The molecule has 5 nitrogen and oxygen atoms in total. The molecule has 0 amide bonds. The number of fused-ring (bicyclic) bond motifs is 1. The Kier molecular flexibility index (Phi) is 5.07. The standard InChI is InChI=1S/C16H17F4N3O2S/c17-11-5-7-12(8-6-11)26(24,25)21-9-10-23-14-4-2-1-3-13(14)15(22-23)16(18,19)20/h5-8,21H,1-4,9-10H2. The van der Waals surface area contributed by atoms with Gasteiger partial charge in [-0.25, -0.2) is 17.5 Å². The highest BCUT2D eigenvalue weighted by atomic mass is 32.2. The number of nitrogens with one attached hydrogen (secondary N) is 1. The van der Waals surface area contributed by atoms with Crippen molar-refractivity contribution in [3.8, 4) is 0 Å². The van der Waals surface area contributed by atoms with E-state index in [0.29, 0.717) is 25.0 Å². The molecule has 10 heteroatoms. The van der Waals surface area contributed by atoms with Crippen molar-refractivity contribution in [2.75, 3.05) is 6.54 Å². The lowest BCUT2D eigenvalue weighted by Gasteiger charge is -2.15. The lowest BCUT2D eigenvalue weighted by atomic mass is 9.95. The van der Waals surface area contributed by atoms with Crippen molar-refractivity contribution in [2.45, 2.75) is 43.3 Å². The normalized spacial score (nSPS) is 15.1. The monoisotopic (exact) mass is 391 g/mol. The number of benzene rings is 1. The summed E-state index contributed by atoms with van der Waals surface area (Å²) in [5, 5.41) is 3.67. The first kappa shape index (κ1) is 18.8. The second kappa shape index (κ2) is 6.99. The molecule has 0 spiro atoms. The molecule has 1 heterocycles. The van der Waals surface area contributed by atoms with Crippen LogP contribution in [-0.4, -0.2) is 24.7 Å². The van der Waals surface area contributed by atoms with Gasteiger partial charge in [0, 0.05) is 17.8 Å². The molecule has 0 radical (unpaired) electrons. The third-order valence-corrected chi connectivity index (χ3v) is 5.74. The maximum atomic E-state index is 13.1. The van der Waals surface area contributed by atoms with Crippen molar-refractivity contribution in [3.63, 3.8) is 0 Å². The van der Waals surface area contributed by atoms with Crippen LogP contribution in [0.3, 0.4) is 0 Å². The minimum absolute atomic E-state index is 0.0150. The van der Waals surface area contributed by atoms with E-state index in [1.54, 1.807) is 0 Å². The number of hydrogen-bond donors (Lipinski definition) is 1. The molecule has 1 aromatic heterocycles. The zero-order valence-electron chi connectivity index (χ0n) is 13.7. The smallest absolute Gasteiger partial charge is 0.267 e. The number of hydrogen-bond acceptors (Lipinski definition) is 3. The van der Waals surface area contributed by atoms with Crippen molar-refractivity contribution in [1.82, 2.24) is 14.5 Å². The van der Waals surface area contributed by atoms with E-state index in [4.69, 9.17) is 0 Å². The molecule has 1 aliphatic carbocycles. The van der Waals surface area contributed by atoms with E-state index < -0.39 is 27.7 Å². The lowest BCUT2D eigenvalue weighted by molar-refractivity contribution is -0.142. The summed E-state index contributed by atoms with van der Waals surface area (Å²) in [4.78, 5) is -0.114. The summed E-state index contributed by atoms with van der Waals surface area (Å²) in [5.74, 6) is -0.563. The Bertz CT molecular complexity index is 889. The summed E-state index contributed by atoms with van der Waals surface area (Å²) in [6.07, 6.45) is -2.26. The average molecular weight is 391 g/mol. The molecule has 0 aliphatic heterocycles. The number of alkyl halides is 3. The van der Waals surface area contributed by atoms with Crippen molar-refractivity contribution in [2.24, 2.45) is 0 Å². The van der Waals surface area contributed by atoms with Crippen molar-refractivity contribution >= 4 is 10.0 Å². The molecule has 1 aromatic carbocycles. The predicted molar refractivity (Wildman–Crippen MR) is 85.5 cm³/mol. The molecule has 0 unspecified atom stereocenters. The van der Waals surface area contributed by atoms with Gasteiger partial charge in [0.05, 0.1) is 11.4 Å². The zero-order chi connectivity index (χ0) is 18.9. The molecular formula is C16H17F4N3O2S. The highest BCUT2D eigenvalue weighted by molar-refractivity contribution is 7.89. The van der Waals surface area contributed by atoms with Crippen molar-refractivity contribution < 1.29 is 26.0 Å². The Morgan fingerprint density at radius 1 is 1.12 bits per heavy atom. The van der Waals surface area contributed by atoms with E-state index in [2.05, 4.69) is 9.82 Å². The van der Waals surface area contributed by atoms with Gasteiger partial charge in [0.15, 0.2) is 5.69 Å². The maximum Gasteiger partial charge on any atom is 0.435 e. The molecule has 0 atom stereocenters. The SMILES string of the molecule is O=S(=O)(NCCn1nc(C(F)(F)F)c2c1CCCC2)c1ccc(F)cc1. The third kappa shape index (κ3) is 3.90. The first-order chi connectivity index (χ1) is 12.2. The van der Waals surface area contributed by atoms with Gasteiger partial charge in [-0.15, -0.1) is 0 Å². The third-order valence-electron chi connectivity index (χ3n) is 4.26. The fraction of sp³-hybridized carbons (Fsp3) is 0.438. The van der Waals surface area contributed by atoms with Crippen molar-refractivity contribution in [3.05, 3.63) is 47.0 Å². The molecule has 0 fully saturated rings. The van der Waals surface area contributed by atoms with Gasteiger partial charge in [-0.2, -0.15) is 18.3 Å². The molecule has 1 aliphatic rings. The first-order valence-corrected chi connectivity index (χ1v) is 9.58. The van der Waals surface area contributed by atoms with Gasteiger partial charge < -0.3 is 0 Å².